The lowest BCUT2D eigenvalue weighted by molar-refractivity contribution is 0.411. The molecule has 1 rings (SSSR count). The molecular formula is C11H18S. The van der Waals surface area contributed by atoms with Crippen LogP contribution >= 0.6 is 11.3 Å². The molecule has 0 unspecified atom stereocenters. The fraction of sp³-hybridized carbons (Fsp3) is 0.636. The molecule has 0 aromatic carbocycles. The summed E-state index contributed by atoms with van der Waals surface area (Å²) < 4.78 is 0. The van der Waals surface area contributed by atoms with Gasteiger partial charge in [0.2, 0.25) is 0 Å². The number of aryl methyl sites for hydroxylation is 2. The van der Waals surface area contributed by atoms with Crippen LogP contribution in [0.4, 0.5) is 0 Å². The lowest BCUT2D eigenvalue weighted by atomic mass is 9.88. The van der Waals surface area contributed by atoms with Crippen LogP contribution in [0.1, 0.15) is 36.1 Å². The molecule has 0 radical (unpaired) electrons. The van der Waals surface area contributed by atoms with Crippen LogP contribution < -0.4 is 0 Å². The SMILES string of the molecule is Cc1cc(CC(C)(C)C)c(C)s1. The molecule has 0 bridgehead atoms. The van der Waals surface area contributed by atoms with Gasteiger partial charge in [-0.2, -0.15) is 0 Å². The summed E-state index contributed by atoms with van der Waals surface area (Å²) in [6.45, 7) is 11.3. The first-order valence-corrected chi connectivity index (χ1v) is 5.26. The fourth-order valence-corrected chi connectivity index (χ4v) is 2.38. The van der Waals surface area contributed by atoms with Crippen molar-refractivity contribution >= 4 is 11.3 Å². The second-order valence-electron chi connectivity index (χ2n) is 4.68. The monoisotopic (exact) mass is 182 g/mol. The molecule has 68 valence electrons. The van der Waals surface area contributed by atoms with Gasteiger partial charge < -0.3 is 0 Å². The Bertz CT molecular complexity index is 263. The number of thiophene rings is 1. The summed E-state index contributed by atoms with van der Waals surface area (Å²) in [5.74, 6) is 0. The van der Waals surface area contributed by atoms with E-state index < -0.39 is 0 Å². The van der Waals surface area contributed by atoms with E-state index >= 15 is 0 Å². The van der Waals surface area contributed by atoms with E-state index in [2.05, 4.69) is 40.7 Å². The molecule has 0 spiro atoms. The van der Waals surface area contributed by atoms with Gasteiger partial charge >= 0.3 is 0 Å². The Morgan fingerprint density at radius 1 is 1.25 bits per heavy atom. The van der Waals surface area contributed by atoms with Gasteiger partial charge in [0.05, 0.1) is 0 Å². The van der Waals surface area contributed by atoms with Crippen LogP contribution in [0.25, 0.3) is 0 Å². The maximum atomic E-state index is 2.32. The fourth-order valence-electron chi connectivity index (χ4n) is 1.43. The molecular weight excluding hydrogens is 164 g/mol. The van der Waals surface area contributed by atoms with Crippen LogP contribution in [-0.4, -0.2) is 0 Å². The predicted octanol–water partition coefficient (Wildman–Crippen LogP) is 3.95. The van der Waals surface area contributed by atoms with E-state index in [4.69, 9.17) is 0 Å². The van der Waals surface area contributed by atoms with Gasteiger partial charge in [-0.15, -0.1) is 11.3 Å². The molecule has 1 heterocycles. The third kappa shape index (κ3) is 2.63. The molecule has 0 saturated heterocycles. The van der Waals surface area contributed by atoms with Crippen molar-refractivity contribution in [1.82, 2.24) is 0 Å². The third-order valence-corrected chi connectivity index (χ3v) is 2.87. The zero-order valence-corrected chi connectivity index (χ0v) is 9.51. The van der Waals surface area contributed by atoms with Crippen molar-refractivity contribution in [1.29, 1.82) is 0 Å². The Kier molecular flexibility index (Phi) is 2.62. The Balaban J connectivity index is 2.82. The van der Waals surface area contributed by atoms with Crippen molar-refractivity contribution in [3.63, 3.8) is 0 Å². The van der Waals surface area contributed by atoms with Gasteiger partial charge in [-0.1, -0.05) is 20.8 Å². The number of hydrogen-bond donors (Lipinski definition) is 0. The Morgan fingerprint density at radius 3 is 2.17 bits per heavy atom. The highest BCUT2D eigenvalue weighted by Gasteiger charge is 2.13. The van der Waals surface area contributed by atoms with Crippen LogP contribution in [0, 0.1) is 19.3 Å². The molecule has 1 heteroatoms. The van der Waals surface area contributed by atoms with E-state index in [1.165, 1.54) is 21.7 Å². The van der Waals surface area contributed by atoms with Crippen LogP contribution in [0.3, 0.4) is 0 Å². The van der Waals surface area contributed by atoms with Crippen molar-refractivity contribution in [2.45, 2.75) is 41.0 Å². The first-order valence-electron chi connectivity index (χ1n) is 4.44. The number of rotatable bonds is 1. The van der Waals surface area contributed by atoms with Crippen molar-refractivity contribution < 1.29 is 0 Å². The van der Waals surface area contributed by atoms with Crippen molar-refractivity contribution in [2.75, 3.05) is 0 Å². The van der Waals surface area contributed by atoms with Crippen LogP contribution in [0.5, 0.6) is 0 Å². The molecule has 0 aliphatic carbocycles. The van der Waals surface area contributed by atoms with Crippen LogP contribution in [0.2, 0.25) is 0 Å². The predicted molar refractivity (Wildman–Crippen MR) is 57.0 cm³/mol. The summed E-state index contributed by atoms with van der Waals surface area (Å²) >= 11 is 1.91. The zero-order valence-electron chi connectivity index (χ0n) is 8.69. The Morgan fingerprint density at radius 2 is 1.83 bits per heavy atom. The zero-order chi connectivity index (χ0) is 9.35. The highest BCUT2D eigenvalue weighted by atomic mass is 32.1. The first kappa shape index (κ1) is 9.79. The molecule has 0 amide bonds. The van der Waals surface area contributed by atoms with Gasteiger partial charge in [-0.3, -0.25) is 0 Å². The van der Waals surface area contributed by atoms with Gasteiger partial charge in [0, 0.05) is 9.75 Å². The van der Waals surface area contributed by atoms with Crippen LogP contribution in [0.15, 0.2) is 6.07 Å². The summed E-state index contributed by atoms with van der Waals surface area (Å²) in [6, 6.07) is 2.32. The lowest BCUT2D eigenvalue weighted by Gasteiger charge is -2.17. The summed E-state index contributed by atoms with van der Waals surface area (Å²) in [5, 5.41) is 0. The van der Waals surface area contributed by atoms with Gasteiger partial charge in [0.1, 0.15) is 0 Å². The molecule has 0 aliphatic rings. The molecule has 1 aromatic rings. The van der Waals surface area contributed by atoms with E-state index in [1.807, 2.05) is 11.3 Å². The Hall–Kier alpha value is -0.300. The van der Waals surface area contributed by atoms with Crippen molar-refractivity contribution in [2.24, 2.45) is 5.41 Å². The maximum absolute atomic E-state index is 2.32. The highest BCUT2D eigenvalue weighted by Crippen LogP contribution is 2.27. The van der Waals surface area contributed by atoms with E-state index in [-0.39, 0.29) is 0 Å². The van der Waals surface area contributed by atoms with Gasteiger partial charge in [-0.05, 0) is 37.3 Å². The summed E-state index contributed by atoms with van der Waals surface area (Å²) in [6.07, 6.45) is 1.20. The first-order chi connectivity index (χ1) is 5.38. The van der Waals surface area contributed by atoms with Gasteiger partial charge in [-0.25, -0.2) is 0 Å². The molecule has 0 N–H and O–H groups in total. The van der Waals surface area contributed by atoms with Crippen molar-refractivity contribution in [3.8, 4) is 0 Å². The average molecular weight is 182 g/mol. The van der Waals surface area contributed by atoms with E-state index in [0.29, 0.717) is 5.41 Å². The minimum Gasteiger partial charge on any atom is -0.146 e. The van der Waals surface area contributed by atoms with E-state index in [1.54, 1.807) is 0 Å². The average Bonchev–Trinajstić information content (AvgIpc) is 2.06. The van der Waals surface area contributed by atoms with E-state index in [9.17, 15) is 0 Å². The van der Waals surface area contributed by atoms with Gasteiger partial charge in [0.25, 0.3) is 0 Å². The quantitative estimate of drug-likeness (QED) is 0.617. The summed E-state index contributed by atoms with van der Waals surface area (Å²) in [5.41, 5.74) is 1.95. The summed E-state index contributed by atoms with van der Waals surface area (Å²) in [4.78, 5) is 2.93. The smallest absolute Gasteiger partial charge is 0.00492 e. The topological polar surface area (TPSA) is 0 Å². The number of hydrogen-bond acceptors (Lipinski definition) is 1. The maximum Gasteiger partial charge on any atom is 0.00492 e. The van der Waals surface area contributed by atoms with E-state index in [0.717, 1.165) is 0 Å². The van der Waals surface area contributed by atoms with Crippen molar-refractivity contribution in [3.05, 3.63) is 21.4 Å². The largest absolute Gasteiger partial charge is 0.146 e. The molecule has 12 heavy (non-hydrogen) atoms. The Labute approximate surface area is 79.6 Å². The molecule has 0 nitrogen and oxygen atoms in total. The lowest BCUT2D eigenvalue weighted by Crippen LogP contribution is -2.08. The second-order valence-corrected chi connectivity index (χ2v) is 6.14. The van der Waals surface area contributed by atoms with Gasteiger partial charge in [0.15, 0.2) is 0 Å². The summed E-state index contributed by atoms with van der Waals surface area (Å²) in [7, 11) is 0. The molecule has 0 fully saturated rings. The normalized spacial score (nSPS) is 12.1. The molecule has 0 saturated carbocycles. The minimum absolute atomic E-state index is 0.415. The molecule has 0 aliphatic heterocycles. The molecule has 0 atom stereocenters. The third-order valence-electron chi connectivity index (χ3n) is 1.86. The standard InChI is InChI=1S/C11H18S/c1-8-6-10(9(2)12-8)7-11(3,4)5/h6H,7H2,1-5H3. The van der Waals surface area contributed by atoms with Crippen LogP contribution in [-0.2, 0) is 6.42 Å². The second kappa shape index (κ2) is 3.21. The molecule has 1 aromatic heterocycles. The highest BCUT2D eigenvalue weighted by molar-refractivity contribution is 7.12. The minimum atomic E-state index is 0.415.